The van der Waals surface area contributed by atoms with E-state index in [0.29, 0.717) is 6.04 Å². The lowest BCUT2D eigenvalue weighted by atomic mass is 9.90. The fraction of sp³-hybridized carbons (Fsp3) is 1.00. The molecular weight excluding hydrogens is 240 g/mol. The molecule has 3 fully saturated rings. The molecule has 0 aromatic rings. The summed E-state index contributed by atoms with van der Waals surface area (Å²) in [5.41, 5.74) is 0. The van der Waals surface area contributed by atoms with E-state index in [1.807, 2.05) is 0 Å². The summed E-state index contributed by atoms with van der Waals surface area (Å²) in [6.45, 7) is 7.37. The number of nitrogens with one attached hydrogen (secondary N) is 1. The fourth-order valence-corrected chi connectivity index (χ4v) is 3.50. The summed E-state index contributed by atoms with van der Waals surface area (Å²) >= 11 is 0. The third-order valence-electron chi connectivity index (χ3n) is 4.86. The van der Waals surface area contributed by atoms with Crippen LogP contribution >= 0.6 is 0 Å². The van der Waals surface area contributed by atoms with Gasteiger partial charge in [0.1, 0.15) is 0 Å². The Morgan fingerprint density at radius 3 is 2.37 bits per heavy atom. The van der Waals surface area contributed by atoms with Gasteiger partial charge in [0.25, 0.3) is 0 Å². The van der Waals surface area contributed by atoms with Crippen LogP contribution in [0.5, 0.6) is 0 Å². The summed E-state index contributed by atoms with van der Waals surface area (Å²) in [7, 11) is 0. The predicted molar refractivity (Wildman–Crippen MR) is 75.2 cm³/mol. The molecule has 4 nitrogen and oxygen atoms in total. The highest BCUT2D eigenvalue weighted by atomic mass is 16.7. The normalized spacial score (nSPS) is 27.5. The maximum atomic E-state index is 5.77. The lowest BCUT2D eigenvalue weighted by molar-refractivity contribution is -0.179. The smallest absolute Gasteiger partial charge is 0.168 e. The molecule has 2 aliphatic carbocycles. The quantitative estimate of drug-likeness (QED) is 0.796. The van der Waals surface area contributed by atoms with E-state index in [9.17, 15) is 0 Å². The number of likely N-dealkylation sites (N-methyl/N-ethyl adjacent to an activating group) is 1. The summed E-state index contributed by atoms with van der Waals surface area (Å²) in [6.07, 6.45) is 7.32. The van der Waals surface area contributed by atoms with Gasteiger partial charge in [0, 0.05) is 38.0 Å². The molecule has 0 bridgehead atoms. The van der Waals surface area contributed by atoms with Gasteiger partial charge in [0.15, 0.2) is 5.79 Å². The Hall–Kier alpha value is -0.160. The van der Waals surface area contributed by atoms with Crippen LogP contribution in [0.25, 0.3) is 0 Å². The van der Waals surface area contributed by atoms with Crippen LogP contribution in [0.4, 0.5) is 0 Å². The monoisotopic (exact) mass is 268 g/mol. The van der Waals surface area contributed by atoms with Crippen molar-refractivity contribution in [2.24, 2.45) is 0 Å². The lowest BCUT2D eigenvalue weighted by Gasteiger charge is -2.36. The first-order valence-electron chi connectivity index (χ1n) is 8.07. The highest BCUT2D eigenvalue weighted by Crippen LogP contribution is 2.35. The molecule has 0 atom stereocenters. The second-order valence-electron chi connectivity index (χ2n) is 6.20. The molecule has 2 saturated carbocycles. The average Bonchev–Trinajstić information content (AvgIpc) is 3.18. The van der Waals surface area contributed by atoms with Crippen molar-refractivity contribution < 1.29 is 9.47 Å². The maximum Gasteiger partial charge on any atom is 0.168 e. The van der Waals surface area contributed by atoms with Gasteiger partial charge in [-0.2, -0.15) is 0 Å². The van der Waals surface area contributed by atoms with Crippen LogP contribution in [-0.2, 0) is 9.47 Å². The molecule has 0 radical (unpaired) electrons. The first-order chi connectivity index (χ1) is 9.31. The zero-order valence-electron chi connectivity index (χ0n) is 12.2. The summed E-state index contributed by atoms with van der Waals surface area (Å²) in [5, 5.41) is 3.72. The molecule has 0 aromatic carbocycles. The van der Waals surface area contributed by atoms with E-state index in [4.69, 9.17) is 9.47 Å². The van der Waals surface area contributed by atoms with Crippen LogP contribution in [0.2, 0.25) is 0 Å². The number of hydrogen-bond donors (Lipinski definition) is 1. The van der Waals surface area contributed by atoms with E-state index >= 15 is 0 Å². The minimum Gasteiger partial charge on any atom is -0.348 e. The third kappa shape index (κ3) is 3.48. The van der Waals surface area contributed by atoms with E-state index in [2.05, 4.69) is 17.1 Å². The molecule has 0 aromatic heterocycles. The summed E-state index contributed by atoms with van der Waals surface area (Å²) < 4.78 is 11.5. The van der Waals surface area contributed by atoms with Crippen LogP contribution < -0.4 is 5.32 Å². The first-order valence-corrected chi connectivity index (χ1v) is 8.07. The van der Waals surface area contributed by atoms with Crippen molar-refractivity contribution in [1.29, 1.82) is 0 Å². The van der Waals surface area contributed by atoms with Gasteiger partial charge in [0.2, 0.25) is 0 Å². The summed E-state index contributed by atoms with van der Waals surface area (Å²) in [5.74, 6) is -0.207. The minimum atomic E-state index is -0.207. The van der Waals surface area contributed by atoms with Crippen molar-refractivity contribution in [3.8, 4) is 0 Å². The van der Waals surface area contributed by atoms with Crippen LogP contribution in [0, 0.1) is 0 Å². The molecule has 4 heteroatoms. The zero-order chi connectivity index (χ0) is 13.1. The molecule has 1 heterocycles. The second kappa shape index (κ2) is 6.08. The Morgan fingerprint density at radius 2 is 1.79 bits per heavy atom. The summed E-state index contributed by atoms with van der Waals surface area (Å²) in [6, 6.07) is 1.55. The van der Waals surface area contributed by atoms with Crippen LogP contribution in [0.15, 0.2) is 0 Å². The number of hydrogen-bond acceptors (Lipinski definition) is 4. The van der Waals surface area contributed by atoms with Crippen molar-refractivity contribution in [1.82, 2.24) is 10.2 Å². The molecule has 1 aliphatic heterocycles. The fourth-order valence-electron chi connectivity index (χ4n) is 3.50. The summed E-state index contributed by atoms with van der Waals surface area (Å²) in [4.78, 5) is 2.61. The number of rotatable bonds is 6. The van der Waals surface area contributed by atoms with Crippen molar-refractivity contribution in [3.63, 3.8) is 0 Å². The molecule has 110 valence electrons. The standard InChI is InChI=1S/C15H28N2O2/c1-2-17(14-3-4-14)10-9-16-13-5-7-15(8-6-13)18-11-12-19-15/h13-14,16H,2-12H2,1H3. The number of nitrogens with zero attached hydrogens (tertiary/aromatic N) is 1. The van der Waals surface area contributed by atoms with Gasteiger partial charge in [-0.25, -0.2) is 0 Å². The third-order valence-corrected chi connectivity index (χ3v) is 4.86. The van der Waals surface area contributed by atoms with E-state index < -0.39 is 0 Å². The highest BCUT2D eigenvalue weighted by Gasteiger charge is 2.40. The Balaban J connectivity index is 1.33. The van der Waals surface area contributed by atoms with E-state index in [0.717, 1.165) is 38.6 Å². The molecule has 1 N–H and O–H groups in total. The molecule has 1 saturated heterocycles. The van der Waals surface area contributed by atoms with Crippen molar-refractivity contribution >= 4 is 0 Å². The maximum absolute atomic E-state index is 5.77. The molecule has 19 heavy (non-hydrogen) atoms. The van der Waals surface area contributed by atoms with Gasteiger partial charge in [-0.3, -0.25) is 4.90 Å². The van der Waals surface area contributed by atoms with Crippen LogP contribution in [0.3, 0.4) is 0 Å². The second-order valence-corrected chi connectivity index (χ2v) is 6.20. The van der Waals surface area contributed by atoms with Crippen molar-refractivity contribution in [2.45, 2.75) is 63.3 Å². The van der Waals surface area contributed by atoms with E-state index in [-0.39, 0.29) is 5.79 Å². The predicted octanol–water partition coefficient (Wildman–Crippen LogP) is 1.75. The Bertz CT molecular complexity index is 278. The van der Waals surface area contributed by atoms with E-state index in [1.165, 1.54) is 38.8 Å². The largest absolute Gasteiger partial charge is 0.348 e. The molecule has 3 rings (SSSR count). The van der Waals surface area contributed by atoms with Crippen LogP contribution in [0.1, 0.15) is 45.4 Å². The van der Waals surface area contributed by atoms with Gasteiger partial charge in [0.05, 0.1) is 13.2 Å². The van der Waals surface area contributed by atoms with Gasteiger partial charge in [-0.15, -0.1) is 0 Å². The van der Waals surface area contributed by atoms with Gasteiger partial charge >= 0.3 is 0 Å². The minimum absolute atomic E-state index is 0.207. The molecule has 0 unspecified atom stereocenters. The van der Waals surface area contributed by atoms with Gasteiger partial charge in [-0.05, 0) is 32.2 Å². The van der Waals surface area contributed by atoms with Gasteiger partial charge < -0.3 is 14.8 Å². The zero-order valence-corrected chi connectivity index (χ0v) is 12.2. The van der Waals surface area contributed by atoms with Crippen molar-refractivity contribution in [3.05, 3.63) is 0 Å². The Morgan fingerprint density at radius 1 is 1.11 bits per heavy atom. The highest BCUT2D eigenvalue weighted by molar-refractivity contribution is 4.87. The first kappa shape index (κ1) is 13.8. The van der Waals surface area contributed by atoms with E-state index in [1.54, 1.807) is 0 Å². The lowest BCUT2D eigenvalue weighted by Crippen LogP contribution is -2.44. The Labute approximate surface area is 116 Å². The molecule has 1 spiro atoms. The van der Waals surface area contributed by atoms with Crippen LogP contribution in [-0.4, -0.2) is 55.6 Å². The molecule has 0 amide bonds. The Kier molecular flexibility index (Phi) is 4.42. The number of ether oxygens (including phenoxy) is 2. The van der Waals surface area contributed by atoms with Crippen molar-refractivity contribution in [2.75, 3.05) is 32.8 Å². The van der Waals surface area contributed by atoms with Gasteiger partial charge in [-0.1, -0.05) is 6.92 Å². The molecule has 3 aliphatic rings. The SMILES string of the molecule is CCN(CCNC1CCC2(CC1)OCCO2)C1CC1. The average molecular weight is 268 g/mol. The topological polar surface area (TPSA) is 33.7 Å². The molecular formula is C15H28N2O2.